The number of amides is 3. The van der Waals surface area contributed by atoms with E-state index in [1.807, 2.05) is 52.0 Å². The summed E-state index contributed by atoms with van der Waals surface area (Å²) in [6, 6.07) is 15.4. The summed E-state index contributed by atoms with van der Waals surface area (Å²) in [7, 11) is 0. The molecule has 0 bridgehead atoms. The second-order valence-electron chi connectivity index (χ2n) is 11.7. The number of aromatic hydroxyl groups is 1. The molecule has 0 aliphatic carbocycles. The van der Waals surface area contributed by atoms with Crippen LogP contribution in [0, 0.1) is 20.8 Å². The molecule has 0 heterocycles. The number of phenols is 1. The molecule has 0 aliphatic heterocycles. The van der Waals surface area contributed by atoms with Crippen molar-refractivity contribution in [1.82, 2.24) is 10.2 Å². The van der Waals surface area contributed by atoms with Gasteiger partial charge in [0.1, 0.15) is 23.4 Å². The second kappa shape index (κ2) is 14.4. The first-order valence-electron chi connectivity index (χ1n) is 14.4. The van der Waals surface area contributed by atoms with Gasteiger partial charge >= 0.3 is 6.09 Å². The molecule has 9 heteroatoms. The molecule has 230 valence electrons. The van der Waals surface area contributed by atoms with Gasteiger partial charge in [-0.15, -0.1) is 0 Å². The first-order valence-corrected chi connectivity index (χ1v) is 14.8. The summed E-state index contributed by atoms with van der Waals surface area (Å²) in [6.45, 7) is 13.1. The number of anilines is 1. The van der Waals surface area contributed by atoms with Crippen LogP contribution in [0.4, 0.5) is 10.5 Å². The number of benzene rings is 3. The van der Waals surface area contributed by atoms with Crippen LogP contribution >= 0.6 is 11.6 Å². The van der Waals surface area contributed by atoms with Crippen LogP contribution in [-0.4, -0.2) is 46.1 Å². The predicted molar refractivity (Wildman–Crippen MR) is 170 cm³/mol. The van der Waals surface area contributed by atoms with Crippen molar-refractivity contribution >= 4 is 35.2 Å². The standard InChI is InChI=1S/C34H42ClN3O5/c1-8-19-38(32(41)27(36-33(42)43-34(5,6)7)20-24-15-17-25(39)18-16-24)30(28-21(2)11-9-12-22(28)3)31(40)37-29-23(4)13-10-14-26(29)35/h9-18,27,30,39H,8,19-20H2,1-7H3,(H,36,42)(H,37,40). The van der Waals surface area contributed by atoms with Gasteiger partial charge in [0.2, 0.25) is 5.91 Å². The van der Waals surface area contributed by atoms with Crippen molar-refractivity contribution in [3.63, 3.8) is 0 Å². The Morgan fingerprint density at radius 3 is 2.07 bits per heavy atom. The summed E-state index contributed by atoms with van der Waals surface area (Å²) in [5.74, 6) is -0.781. The lowest BCUT2D eigenvalue weighted by Gasteiger charge is -2.36. The maximum Gasteiger partial charge on any atom is 0.408 e. The molecule has 3 aromatic carbocycles. The van der Waals surface area contributed by atoms with Crippen molar-refractivity contribution in [2.75, 3.05) is 11.9 Å². The normalized spacial score (nSPS) is 12.7. The fourth-order valence-electron chi connectivity index (χ4n) is 4.99. The Bertz CT molecular complexity index is 1410. The second-order valence-corrected chi connectivity index (χ2v) is 12.1. The van der Waals surface area contributed by atoms with Gasteiger partial charge in [0.25, 0.3) is 5.91 Å². The van der Waals surface area contributed by atoms with Crippen LogP contribution in [0.5, 0.6) is 5.75 Å². The van der Waals surface area contributed by atoms with Gasteiger partial charge in [-0.2, -0.15) is 0 Å². The van der Waals surface area contributed by atoms with E-state index in [1.165, 1.54) is 17.0 Å². The number of phenolic OH excluding ortho intramolecular Hbond substituents is 1. The quantitative estimate of drug-likeness (QED) is 0.229. The number of hydrogen-bond acceptors (Lipinski definition) is 5. The highest BCUT2D eigenvalue weighted by Gasteiger charge is 2.37. The molecule has 0 fully saturated rings. The first-order chi connectivity index (χ1) is 20.2. The highest BCUT2D eigenvalue weighted by atomic mass is 35.5. The van der Waals surface area contributed by atoms with Crippen molar-refractivity contribution in [3.8, 4) is 5.75 Å². The molecular weight excluding hydrogens is 566 g/mol. The number of nitrogens with zero attached hydrogens (tertiary/aromatic N) is 1. The van der Waals surface area contributed by atoms with Crippen LogP contribution in [-0.2, 0) is 20.7 Å². The number of ether oxygens (including phenoxy) is 1. The SMILES string of the molecule is CCCN(C(=O)C(Cc1ccc(O)cc1)NC(=O)OC(C)(C)C)C(C(=O)Nc1c(C)cccc1Cl)c1c(C)cccc1C. The lowest BCUT2D eigenvalue weighted by molar-refractivity contribution is -0.140. The van der Waals surface area contributed by atoms with Gasteiger partial charge in [-0.05, 0) is 94.0 Å². The van der Waals surface area contributed by atoms with Gasteiger partial charge in [0.05, 0.1) is 10.7 Å². The van der Waals surface area contributed by atoms with Gasteiger partial charge in [-0.25, -0.2) is 4.79 Å². The minimum absolute atomic E-state index is 0.0842. The fraction of sp³-hybridized carbons (Fsp3) is 0.382. The molecule has 43 heavy (non-hydrogen) atoms. The van der Waals surface area contributed by atoms with Crippen molar-refractivity contribution in [3.05, 3.63) is 93.5 Å². The maximum absolute atomic E-state index is 14.5. The van der Waals surface area contributed by atoms with Crippen LogP contribution in [0.2, 0.25) is 5.02 Å². The predicted octanol–water partition coefficient (Wildman–Crippen LogP) is 7.03. The first kappa shape index (κ1) is 33.5. The zero-order valence-corrected chi connectivity index (χ0v) is 26.7. The smallest absolute Gasteiger partial charge is 0.408 e. The molecule has 3 amide bonds. The van der Waals surface area contributed by atoms with E-state index in [0.717, 1.165) is 16.7 Å². The summed E-state index contributed by atoms with van der Waals surface area (Å²) < 4.78 is 5.50. The van der Waals surface area contributed by atoms with Gasteiger partial charge in [-0.1, -0.05) is 61.0 Å². The highest BCUT2D eigenvalue weighted by molar-refractivity contribution is 6.34. The maximum atomic E-state index is 14.5. The summed E-state index contributed by atoms with van der Waals surface area (Å²) in [5.41, 5.74) is 3.58. The van der Waals surface area contributed by atoms with Crippen molar-refractivity contribution < 1.29 is 24.2 Å². The molecule has 0 saturated carbocycles. The van der Waals surface area contributed by atoms with Gasteiger partial charge in [0.15, 0.2) is 0 Å². The monoisotopic (exact) mass is 607 g/mol. The summed E-state index contributed by atoms with van der Waals surface area (Å²) >= 11 is 6.48. The van der Waals surface area contributed by atoms with E-state index in [-0.39, 0.29) is 18.7 Å². The Labute approximate surface area is 259 Å². The number of aryl methyl sites for hydroxylation is 3. The number of hydrogen-bond donors (Lipinski definition) is 3. The lowest BCUT2D eigenvalue weighted by atomic mass is 9.93. The van der Waals surface area contributed by atoms with Crippen molar-refractivity contribution in [2.45, 2.75) is 79.0 Å². The lowest BCUT2D eigenvalue weighted by Crippen LogP contribution is -2.53. The van der Waals surface area contributed by atoms with Gasteiger partial charge in [0, 0.05) is 13.0 Å². The molecule has 3 N–H and O–H groups in total. The average molecular weight is 608 g/mol. The van der Waals surface area contributed by atoms with Crippen LogP contribution in [0.25, 0.3) is 0 Å². The minimum Gasteiger partial charge on any atom is -0.508 e. The number of alkyl carbamates (subject to hydrolysis) is 1. The molecule has 3 aromatic rings. The van der Waals surface area contributed by atoms with E-state index in [4.69, 9.17) is 16.3 Å². The Morgan fingerprint density at radius 2 is 1.51 bits per heavy atom. The molecular formula is C34H42ClN3O5. The zero-order chi connectivity index (χ0) is 31.9. The van der Waals surface area contributed by atoms with E-state index in [2.05, 4.69) is 10.6 Å². The van der Waals surface area contributed by atoms with Crippen LogP contribution in [0.1, 0.15) is 68.0 Å². The van der Waals surface area contributed by atoms with E-state index in [0.29, 0.717) is 28.3 Å². The summed E-state index contributed by atoms with van der Waals surface area (Å²) in [6.07, 6.45) is -0.0754. The third-order valence-electron chi connectivity index (χ3n) is 6.96. The zero-order valence-electron chi connectivity index (χ0n) is 26.0. The highest BCUT2D eigenvalue weighted by Crippen LogP contribution is 2.32. The van der Waals surface area contributed by atoms with Gasteiger partial charge in [-0.3, -0.25) is 9.59 Å². The van der Waals surface area contributed by atoms with Crippen molar-refractivity contribution in [1.29, 1.82) is 0 Å². The topological polar surface area (TPSA) is 108 Å². The number of rotatable bonds is 10. The summed E-state index contributed by atoms with van der Waals surface area (Å²) in [5, 5.41) is 15.9. The molecule has 0 radical (unpaired) electrons. The molecule has 0 aliphatic rings. The molecule has 3 rings (SSSR count). The Hall–Kier alpha value is -4.04. The molecule has 8 nitrogen and oxygen atoms in total. The number of carbonyl (C=O) groups is 3. The molecule has 2 unspecified atom stereocenters. The molecule has 0 saturated heterocycles. The summed E-state index contributed by atoms with van der Waals surface area (Å²) in [4.78, 5) is 43.3. The van der Waals surface area contributed by atoms with E-state index in [9.17, 15) is 19.5 Å². The number of para-hydroxylation sites is 1. The largest absolute Gasteiger partial charge is 0.508 e. The van der Waals surface area contributed by atoms with Crippen LogP contribution < -0.4 is 10.6 Å². The molecule has 0 aromatic heterocycles. The molecule has 0 spiro atoms. The Kier molecular flexibility index (Phi) is 11.2. The van der Waals surface area contributed by atoms with Crippen LogP contribution in [0.3, 0.4) is 0 Å². The van der Waals surface area contributed by atoms with Crippen LogP contribution in [0.15, 0.2) is 60.7 Å². The number of halogens is 1. The fourth-order valence-corrected chi connectivity index (χ4v) is 5.26. The van der Waals surface area contributed by atoms with Crippen molar-refractivity contribution in [2.24, 2.45) is 0 Å². The Morgan fingerprint density at radius 1 is 0.930 bits per heavy atom. The minimum atomic E-state index is -1.06. The number of nitrogens with one attached hydrogen (secondary N) is 2. The van der Waals surface area contributed by atoms with E-state index >= 15 is 0 Å². The van der Waals surface area contributed by atoms with E-state index < -0.39 is 35.6 Å². The number of carbonyl (C=O) groups excluding carboxylic acids is 3. The van der Waals surface area contributed by atoms with E-state index in [1.54, 1.807) is 45.0 Å². The average Bonchev–Trinajstić information content (AvgIpc) is 2.91. The molecule has 2 atom stereocenters. The third-order valence-corrected chi connectivity index (χ3v) is 7.27. The third kappa shape index (κ3) is 8.97. The Balaban J connectivity index is 2.12. The van der Waals surface area contributed by atoms with Gasteiger partial charge < -0.3 is 25.4 Å².